The van der Waals surface area contributed by atoms with Crippen molar-refractivity contribution in [1.29, 1.82) is 0 Å². The highest BCUT2D eigenvalue weighted by molar-refractivity contribution is 5.94. The lowest BCUT2D eigenvalue weighted by atomic mass is 10.1. The van der Waals surface area contributed by atoms with E-state index in [4.69, 9.17) is 5.11 Å². The molecule has 1 N–H and O–H groups in total. The van der Waals surface area contributed by atoms with E-state index in [1.54, 1.807) is 11.9 Å². The molecular formula is C14H18N2O3. The van der Waals surface area contributed by atoms with Crippen LogP contribution in [0.15, 0.2) is 18.3 Å². The summed E-state index contributed by atoms with van der Waals surface area (Å²) in [5.41, 5.74) is 0.389. The number of amides is 1. The van der Waals surface area contributed by atoms with Crippen LogP contribution in [0.1, 0.15) is 46.5 Å². The zero-order valence-electron chi connectivity index (χ0n) is 11.0. The van der Waals surface area contributed by atoms with Gasteiger partial charge in [0.05, 0.1) is 5.56 Å². The first-order chi connectivity index (χ1) is 9.08. The van der Waals surface area contributed by atoms with E-state index in [2.05, 4.69) is 4.98 Å². The number of hydrogen-bond acceptors (Lipinski definition) is 3. The minimum Gasteiger partial charge on any atom is -0.477 e. The monoisotopic (exact) mass is 262 g/mol. The van der Waals surface area contributed by atoms with Crippen LogP contribution in [0.4, 0.5) is 0 Å². The Morgan fingerprint density at radius 3 is 2.58 bits per heavy atom. The van der Waals surface area contributed by atoms with Gasteiger partial charge in [-0.1, -0.05) is 12.8 Å². The molecule has 0 aromatic carbocycles. The Bertz CT molecular complexity index is 464. The van der Waals surface area contributed by atoms with Crippen molar-refractivity contribution in [3.63, 3.8) is 0 Å². The molecule has 1 fully saturated rings. The molecule has 102 valence electrons. The molecule has 1 saturated carbocycles. The molecule has 0 unspecified atom stereocenters. The average Bonchev–Trinajstić information content (AvgIpc) is 2.90. The van der Waals surface area contributed by atoms with Gasteiger partial charge in [-0.3, -0.25) is 4.79 Å². The van der Waals surface area contributed by atoms with Gasteiger partial charge in [-0.25, -0.2) is 9.78 Å². The summed E-state index contributed by atoms with van der Waals surface area (Å²) in [4.78, 5) is 28.3. The maximum atomic E-state index is 12.2. The fourth-order valence-electron chi connectivity index (χ4n) is 2.53. The molecule has 0 aliphatic heterocycles. The van der Waals surface area contributed by atoms with E-state index in [0.717, 1.165) is 6.54 Å². The number of rotatable bonds is 4. The summed E-state index contributed by atoms with van der Waals surface area (Å²) in [5.74, 6) is -0.588. The predicted molar refractivity (Wildman–Crippen MR) is 70.1 cm³/mol. The van der Waals surface area contributed by atoms with Gasteiger partial charge in [-0.2, -0.15) is 0 Å². The number of carboxylic acid groups (broad SMARTS) is 1. The summed E-state index contributed by atoms with van der Waals surface area (Å²) in [6, 6.07) is 2.88. The Labute approximate surface area is 112 Å². The summed E-state index contributed by atoms with van der Waals surface area (Å²) < 4.78 is 0. The van der Waals surface area contributed by atoms with Gasteiger partial charge >= 0.3 is 5.97 Å². The van der Waals surface area contributed by atoms with E-state index in [-0.39, 0.29) is 11.6 Å². The number of hydrogen-bond donors (Lipinski definition) is 1. The third kappa shape index (κ3) is 3.30. The maximum Gasteiger partial charge on any atom is 0.354 e. The summed E-state index contributed by atoms with van der Waals surface area (Å²) in [7, 11) is 1.78. The summed E-state index contributed by atoms with van der Waals surface area (Å²) >= 11 is 0. The molecule has 5 nitrogen and oxygen atoms in total. The number of carboxylic acids is 1. The molecule has 0 saturated heterocycles. The van der Waals surface area contributed by atoms with E-state index in [0.29, 0.717) is 11.5 Å². The number of carbonyl (C=O) groups excluding carboxylic acids is 1. The van der Waals surface area contributed by atoms with Crippen LogP contribution in [0.2, 0.25) is 0 Å². The van der Waals surface area contributed by atoms with Gasteiger partial charge in [-0.15, -0.1) is 0 Å². The van der Waals surface area contributed by atoms with Gasteiger partial charge in [0.1, 0.15) is 5.69 Å². The topological polar surface area (TPSA) is 70.5 Å². The Balaban J connectivity index is 1.99. The van der Waals surface area contributed by atoms with Gasteiger partial charge < -0.3 is 10.0 Å². The Hall–Kier alpha value is -1.91. The highest BCUT2D eigenvalue weighted by atomic mass is 16.4. The van der Waals surface area contributed by atoms with Gasteiger partial charge in [-0.05, 0) is 30.9 Å². The Kier molecular flexibility index (Phi) is 4.14. The Morgan fingerprint density at radius 2 is 2.05 bits per heavy atom. The minimum atomic E-state index is -1.08. The highest BCUT2D eigenvalue weighted by Crippen LogP contribution is 2.25. The molecule has 1 aliphatic rings. The third-order valence-corrected chi connectivity index (χ3v) is 3.58. The zero-order valence-corrected chi connectivity index (χ0v) is 11.0. The molecular weight excluding hydrogens is 244 g/mol. The van der Waals surface area contributed by atoms with Crippen molar-refractivity contribution in [1.82, 2.24) is 9.88 Å². The number of aromatic nitrogens is 1. The van der Waals surface area contributed by atoms with Crippen LogP contribution in [-0.4, -0.2) is 40.5 Å². The van der Waals surface area contributed by atoms with E-state index in [9.17, 15) is 9.59 Å². The summed E-state index contributed by atoms with van der Waals surface area (Å²) in [6.45, 7) is 0.763. The Morgan fingerprint density at radius 1 is 1.37 bits per heavy atom. The quantitative estimate of drug-likeness (QED) is 0.901. The second-order valence-electron chi connectivity index (χ2n) is 5.07. The molecule has 2 rings (SSSR count). The molecule has 0 bridgehead atoms. The molecule has 1 heterocycles. The van der Waals surface area contributed by atoms with Gasteiger partial charge in [0.2, 0.25) is 0 Å². The van der Waals surface area contributed by atoms with Gasteiger partial charge in [0, 0.05) is 19.8 Å². The van der Waals surface area contributed by atoms with Crippen LogP contribution in [0.3, 0.4) is 0 Å². The fourth-order valence-corrected chi connectivity index (χ4v) is 2.53. The van der Waals surface area contributed by atoms with E-state index in [1.807, 2.05) is 0 Å². The van der Waals surface area contributed by atoms with E-state index < -0.39 is 5.97 Å². The number of aromatic carboxylic acids is 1. The van der Waals surface area contributed by atoms with Crippen LogP contribution in [-0.2, 0) is 0 Å². The maximum absolute atomic E-state index is 12.2. The normalized spacial score (nSPS) is 15.4. The molecule has 1 aromatic heterocycles. The van der Waals surface area contributed by atoms with Gasteiger partial charge in [0.15, 0.2) is 0 Å². The lowest BCUT2D eigenvalue weighted by Gasteiger charge is -2.21. The number of nitrogens with zero attached hydrogens (tertiary/aromatic N) is 2. The van der Waals surface area contributed by atoms with E-state index in [1.165, 1.54) is 44.0 Å². The second-order valence-corrected chi connectivity index (χ2v) is 5.07. The standard InChI is InChI=1S/C14H18N2O3/c1-16(9-10-4-2-3-5-10)13(17)11-6-7-12(14(18)19)15-8-11/h6-8,10H,2-5,9H2,1H3,(H,18,19). The van der Waals surface area contributed by atoms with Crippen molar-refractivity contribution in [3.8, 4) is 0 Å². The minimum absolute atomic E-state index is 0.0463. The van der Waals surface area contributed by atoms with Gasteiger partial charge in [0.25, 0.3) is 5.91 Å². The highest BCUT2D eigenvalue weighted by Gasteiger charge is 2.20. The van der Waals surface area contributed by atoms with Crippen molar-refractivity contribution in [2.24, 2.45) is 5.92 Å². The third-order valence-electron chi connectivity index (χ3n) is 3.58. The van der Waals surface area contributed by atoms with Crippen LogP contribution in [0.5, 0.6) is 0 Å². The SMILES string of the molecule is CN(CC1CCCC1)C(=O)c1ccc(C(=O)O)nc1. The molecule has 0 radical (unpaired) electrons. The van der Waals surface area contributed by atoms with Crippen molar-refractivity contribution < 1.29 is 14.7 Å². The largest absolute Gasteiger partial charge is 0.477 e. The zero-order chi connectivity index (χ0) is 13.8. The van der Waals surface area contributed by atoms with Crippen molar-refractivity contribution in [3.05, 3.63) is 29.6 Å². The van der Waals surface area contributed by atoms with Crippen molar-refractivity contribution in [2.75, 3.05) is 13.6 Å². The smallest absolute Gasteiger partial charge is 0.354 e. The van der Waals surface area contributed by atoms with Crippen LogP contribution < -0.4 is 0 Å². The lowest BCUT2D eigenvalue weighted by molar-refractivity contribution is 0.0688. The lowest BCUT2D eigenvalue weighted by Crippen LogP contribution is -2.31. The summed E-state index contributed by atoms with van der Waals surface area (Å²) in [6.07, 6.45) is 6.21. The molecule has 1 aliphatic carbocycles. The number of pyridine rings is 1. The van der Waals surface area contributed by atoms with E-state index >= 15 is 0 Å². The first-order valence-corrected chi connectivity index (χ1v) is 6.52. The molecule has 5 heteroatoms. The average molecular weight is 262 g/mol. The molecule has 1 aromatic rings. The fraction of sp³-hybridized carbons (Fsp3) is 0.500. The summed E-state index contributed by atoms with van der Waals surface area (Å²) in [5, 5.41) is 8.76. The van der Waals surface area contributed by atoms with Crippen molar-refractivity contribution >= 4 is 11.9 Å². The van der Waals surface area contributed by atoms with Crippen LogP contribution >= 0.6 is 0 Å². The van der Waals surface area contributed by atoms with Crippen molar-refractivity contribution in [2.45, 2.75) is 25.7 Å². The molecule has 1 amide bonds. The molecule has 19 heavy (non-hydrogen) atoms. The molecule has 0 atom stereocenters. The first-order valence-electron chi connectivity index (χ1n) is 6.52. The predicted octanol–water partition coefficient (Wildman–Crippen LogP) is 2.04. The second kappa shape index (κ2) is 5.82. The number of carbonyl (C=O) groups is 2. The van der Waals surface area contributed by atoms with Crippen LogP contribution in [0.25, 0.3) is 0 Å². The van der Waals surface area contributed by atoms with Crippen LogP contribution in [0, 0.1) is 5.92 Å². The first kappa shape index (κ1) is 13.5. The molecule has 0 spiro atoms.